The molecule has 0 aliphatic carbocycles. The molecule has 0 heterocycles. The minimum absolute atomic E-state index is 0.195. The normalized spacial score (nSPS) is 12.5. The van der Waals surface area contributed by atoms with Gasteiger partial charge in [-0.1, -0.05) is 31.2 Å². The monoisotopic (exact) mass is 396 g/mol. The Morgan fingerprint density at radius 3 is 1.90 bits per heavy atom. The molecular formula is C25H32O4. The van der Waals surface area contributed by atoms with E-state index in [1.165, 1.54) is 0 Å². The number of rotatable bonds is 7. The highest BCUT2D eigenvalue weighted by Crippen LogP contribution is 2.32. The molecule has 156 valence electrons. The first-order valence-corrected chi connectivity index (χ1v) is 10.0. The van der Waals surface area contributed by atoms with Crippen LogP contribution in [0.1, 0.15) is 60.6 Å². The Morgan fingerprint density at radius 1 is 1.00 bits per heavy atom. The fraction of sp³-hybridized carbons (Fsp3) is 0.440. The van der Waals surface area contributed by atoms with Crippen LogP contribution in [0.3, 0.4) is 0 Å². The Hall–Kier alpha value is -2.62. The highest BCUT2D eigenvalue weighted by Gasteiger charge is 2.32. The van der Waals surface area contributed by atoms with Crippen molar-refractivity contribution >= 4 is 12.3 Å². The van der Waals surface area contributed by atoms with Crippen LogP contribution < -0.4 is 4.74 Å². The van der Waals surface area contributed by atoms with Crippen molar-refractivity contribution in [3.05, 3.63) is 57.6 Å². The van der Waals surface area contributed by atoms with Gasteiger partial charge in [0.2, 0.25) is 0 Å². The summed E-state index contributed by atoms with van der Waals surface area (Å²) in [6.45, 7) is 13.1. The minimum Gasteiger partial charge on any atom is -0.507 e. The molecule has 0 aromatic heterocycles. The molecule has 0 bridgehead atoms. The number of esters is 1. The van der Waals surface area contributed by atoms with Gasteiger partial charge in [0.1, 0.15) is 17.8 Å². The van der Waals surface area contributed by atoms with Crippen LogP contribution in [0.4, 0.5) is 0 Å². The Labute approximate surface area is 173 Å². The number of aldehydes is 1. The van der Waals surface area contributed by atoms with Gasteiger partial charge >= 0.3 is 5.97 Å². The summed E-state index contributed by atoms with van der Waals surface area (Å²) in [6, 6.07) is 8.07. The highest BCUT2D eigenvalue weighted by molar-refractivity contribution is 5.79. The molecule has 0 aliphatic heterocycles. The van der Waals surface area contributed by atoms with Crippen LogP contribution in [0.15, 0.2) is 24.3 Å². The summed E-state index contributed by atoms with van der Waals surface area (Å²) in [4.78, 5) is 23.7. The van der Waals surface area contributed by atoms with Gasteiger partial charge in [-0.3, -0.25) is 4.79 Å². The van der Waals surface area contributed by atoms with E-state index < -0.39 is 5.41 Å². The van der Waals surface area contributed by atoms with Crippen molar-refractivity contribution < 1.29 is 19.4 Å². The summed E-state index contributed by atoms with van der Waals surface area (Å²) in [6.07, 6.45) is 2.05. The van der Waals surface area contributed by atoms with E-state index >= 15 is 0 Å². The molecule has 2 aromatic carbocycles. The predicted octanol–water partition coefficient (Wildman–Crippen LogP) is 5.37. The van der Waals surface area contributed by atoms with Crippen LogP contribution in [-0.4, -0.2) is 17.4 Å². The molecule has 1 atom stereocenters. The molecule has 0 spiro atoms. The number of aromatic hydroxyl groups is 1. The van der Waals surface area contributed by atoms with Gasteiger partial charge in [-0.2, -0.15) is 0 Å². The van der Waals surface area contributed by atoms with Gasteiger partial charge in [-0.25, -0.2) is 0 Å². The molecule has 0 radical (unpaired) electrons. The Morgan fingerprint density at radius 2 is 1.45 bits per heavy atom. The van der Waals surface area contributed by atoms with Crippen LogP contribution >= 0.6 is 0 Å². The van der Waals surface area contributed by atoms with E-state index in [2.05, 4.69) is 0 Å². The first kappa shape index (κ1) is 22.7. The molecule has 0 aliphatic rings. The number of carbonyl (C=O) groups is 2. The molecule has 0 saturated carbocycles. The second kappa shape index (κ2) is 8.81. The summed E-state index contributed by atoms with van der Waals surface area (Å²) in [5, 5.41) is 9.97. The second-order valence-corrected chi connectivity index (χ2v) is 8.90. The number of ether oxygens (including phenoxy) is 1. The standard InChI is InChI=1S/C25H32O4/c1-15(14-26)13-25(6,7)24(28)29-23-18(4)10-21(11-19(23)5)12-20-8-16(2)22(27)17(3)9-20/h8-11,14-15,27H,12-13H2,1-7H3. The maximum atomic E-state index is 12.7. The van der Waals surface area contributed by atoms with Crippen LogP contribution in [0, 0.1) is 39.0 Å². The molecule has 0 saturated heterocycles. The maximum Gasteiger partial charge on any atom is 0.316 e. The molecule has 4 heteroatoms. The van der Waals surface area contributed by atoms with E-state index in [1.54, 1.807) is 6.92 Å². The second-order valence-electron chi connectivity index (χ2n) is 8.90. The molecule has 0 fully saturated rings. The number of phenolic OH excluding ortho intramolecular Hbond substituents is 1. The minimum atomic E-state index is -0.737. The first-order valence-electron chi connectivity index (χ1n) is 10.0. The van der Waals surface area contributed by atoms with Crippen molar-refractivity contribution in [1.82, 2.24) is 0 Å². The fourth-order valence-electron chi connectivity index (χ4n) is 3.85. The lowest BCUT2D eigenvalue weighted by Gasteiger charge is -2.25. The van der Waals surface area contributed by atoms with E-state index in [9.17, 15) is 14.7 Å². The van der Waals surface area contributed by atoms with Gasteiger partial charge in [-0.15, -0.1) is 0 Å². The lowest BCUT2D eigenvalue weighted by molar-refractivity contribution is -0.145. The molecule has 0 amide bonds. The van der Waals surface area contributed by atoms with Crippen molar-refractivity contribution in [3.8, 4) is 11.5 Å². The fourth-order valence-corrected chi connectivity index (χ4v) is 3.85. The zero-order valence-corrected chi connectivity index (χ0v) is 18.6. The van der Waals surface area contributed by atoms with Crippen LogP contribution in [0.25, 0.3) is 0 Å². The molecule has 4 nitrogen and oxygen atoms in total. The van der Waals surface area contributed by atoms with E-state index in [0.717, 1.165) is 46.1 Å². The zero-order chi connectivity index (χ0) is 21.9. The third kappa shape index (κ3) is 5.47. The third-order valence-corrected chi connectivity index (χ3v) is 5.29. The molecular weight excluding hydrogens is 364 g/mol. The summed E-state index contributed by atoms with van der Waals surface area (Å²) in [7, 11) is 0. The Kier molecular flexibility index (Phi) is 6.89. The van der Waals surface area contributed by atoms with Gasteiger partial charge in [0.15, 0.2) is 0 Å². The summed E-state index contributed by atoms with van der Waals surface area (Å²) in [5.41, 5.74) is 5.05. The molecule has 2 aromatic rings. The van der Waals surface area contributed by atoms with Gasteiger partial charge < -0.3 is 14.6 Å². The van der Waals surface area contributed by atoms with Gasteiger partial charge in [0.25, 0.3) is 0 Å². The zero-order valence-electron chi connectivity index (χ0n) is 18.6. The number of hydrogen-bond donors (Lipinski definition) is 1. The largest absolute Gasteiger partial charge is 0.507 e. The van der Waals surface area contributed by atoms with E-state index in [0.29, 0.717) is 17.9 Å². The lowest BCUT2D eigenvalue weighted by Crippen LogP contribution is -2.31. The average Bonchev–Trinajstić information content (AvgIpc) is 2.62. The van der Waals surface area contributed by atoms with Crippen molar-refractivity contribution in [1.29, 1.82) is 0 Å². The van der Waals surface area contributed by atoms with E-state index in [4.69, 9.17) is 4.74 Å². The highest BCUT2D eigenvalue weighted by atomic mass is 16.5. The number of hydrogen-bond acceptors (Lipinski definition) is 4. The lowest BCUT2D eigenvalue weighted by atomic mass is 9.84. The van der Waals surface area contributed by atoms with Gasteiger partial charge in [0, 0.05) is 5.92 Å². The first-order chi connectivity index (χ1) is 13.4. The van der Waals surface area contributed by atoms with Crippen molar-refractivity contribution in [2.45, 2.75) is 61.3 Å². The quantitative estimate of drug-likeness (QED) is 0.388. The van der Waals surface area contributed by atoms with E-state index in [1.807, 2.05) is 65.8 Å². The van der Waals surface area contributed by atoms with E-state index in [-0.39, 0.29) is 11.9 Å². The molecule has 1 N–H and O–H groups in total. The van der Waals surface area contributed by atoms with Gasteiger partial charge in [0.05, 0.1) is 5.41 Å². The van der Waals surface area contributed by atoms with Crippen LogP contribution in [0.2, 0.25) is 0 Å². The smallest absolute Gasteiger partial charge is 0.316 e. The molecule has 1 unspecified atom stereocenters. The number of aryl methyl sites for hydroxylation is 4. The van der Waals surface area contributed by atoms with Crippen LogP contribution in [0.5, 0.6) is 11.5 Å². The summed E-state index contributed by atoms with van der Waals surface area (Å²) in [5.74, 6) is 0.410. The number of carbonyl (C=O) groups excluding carboxylic acids is 2. The average molecular weight is 397 g/mol. The summed E-state index contributed by atoms with van der Waals surface area (Å²) >= 11 is 0. The van der Waals surface area contributed by atoms with Crippen LogP contribution in [-0.2, 0) is 16.0 Å². The predicted molar refractivity (Wildman–Crippen MR) is 116 cm³/mol. The van der Waals surface area contributed by atoms with Crippen molar-refractivity contribution in [2.24, 2.45) is 11.3 Å². The van der Waals surface area contributed by atoms with Crippen molar-refractivity contribution in [3.63, 3.8) is 0 Å². The van der Waals surface area contributed by atoms with Gasteiger partial charge in [-0.05, 0) is 87.8 Å². The molecule has 2 rings (SSSR count). The maximum absolute atomic E-state index is 12.7. The SMILES string of the molecule is Cc1cc(Cc2cc(C)c(OC(=O)C(C)(C)CC(C)C=O)c(C)c2)cc(C)c1O. The Bertz CT molecular complexity index is 878. The number of phenols is 1. The summed E-state index contributed by atoms with van der Waals surface area (Å²) < 4.78 is 5.76. The number of benzene rings is 2. The topological polar surface area (TPSA) is 63.6 Å². The van der Waals surface area contributed by atoms with Crippen molar-refractivity contribution in [2.75, 3.05) is 0 Å². The Balaban J connectivity index is 2.23. The third-order valence-electron chi connectivity index (χ3n) is 5.29. The molecule has 29 heavy (non-hydrogen) atoms.